The predicted octanol–water partition coefficient (Wildman–Crippen LogP) is 14.8. The van der Waals surface area contributed by atoms with Gasteiger partial charge >= 0.3 is 0 Å². The third kappa shape index (κ3) is 5.37. The fourth-order valence-corrected chi connectivity index (χ4v) is 9.41. The summed E-state index contributed by atoms with van der Waals surface area (Å²) in [5.74, 6) is 0. The van der Waals surface area contributed by atoms with Gasteiger partial charge in [-0.3, -0.25) is 0 Å². The first-order valence-corrected chi connectivity index (χ1v) is 19.2. The number of fused-ring (bicyclic) bond motifs is 6. The Morgan fingerprint density at radius 2 is 0.925 bits per heavy atom. The first kappa shape index (κ1) is 31.5. The highest BCUT2D eigenvalue weighted by atomic mass is 32.1. The number of anilines is 3. The van der Waals surface area contributed by atoms with Crippen LogP contribution in [0.3, 0.4) is 0 Å². The zero-order chi connectivity index (χ0) is 35.5. The standard InChI is InChI=1S/C51H37NS/c1-51(2)47-20-8-6-18-43(47)44-28-27-42(33-48(44)51)52(40-25-22-35(23-26-40)37-15-10-14-36(30-37)34-12-4-3-5-13-34)41-17-11-16-38(31-41)39-24-29-50-46(32-39)45-19-7-9-21-49(45)53-50/h3-33H,1-2H3. The molecule has 53 heavy (non-hydrogen) atoms. The van der Waals surface area contributed by atoms with Gasteiger partial charge in [0.1, 0.15) is 0 Å². The first-order valence-electron chi connectivity index (χ1n) is 18.3. The molecule has 0 saturated carbocycles. The highest BCUT2D eigenvalue weighted by Crippen LogP contribution is 2.51. The monoisotopic (exact) mass is 695 g/mol. The van der Waals surface area contributed by atoms with Crippen LogP contribution in [-0.2, 0) is 5.41 Å². The average Bonchev–Trinajstić information content (AvgIpc) is 3.70. The van der Waals surface area contributed by atoms with Crippen LogP contribution in [0.4, 0.5) is 17.1 Å². The Morgan fingerprint density at radius 1 is 0.358 bits per heavy atom. The van der Waals surface area contributed by atoms with Gasteiger partial charge in [-0.15, -0.1) is 11.3 Å². The van der Waals surface area contributed by atoms with Crippen molar-refractivity contribution in [3.05, 3.63) is 199 Å². The van der Waals surface area contributed by atoms with Gasteiger partial charge in [-0.2, -0.15) is 0 Å². The number of thiophene rings is 1. The molecule has 1 heterocycles. The molecule has 10 rings (SSSR count). The van der Waals surface area contributed by atoms with Crippen molar-refractivity contribution in [3.8, 4) is 44.5 Å². The summed E-state index contributed by atoms with van der Waals surface area (Å²) in [6.45, 7) is 4.71. The van der Waals surface area contributed by atoms with Gasteiger partial charge in [0.2, 0.25) is 0 Å². The van der Waals surface area contributed by atoms with E-state index in [1.165, 1.54) is 75.8 Å². The molecule has 0 atom stereocenters. The molecule has 0 aliphatic heterocycles. The maximum atomic E-state index is 2.42. The summed E-state index contributed by atoms with van der Waals surface area (Å²) >= 11 is 1.86. The van der Waals surface area contributed by atoms with Gasteiger partial charge in [-0.05, 0) is 116 Å². The topological polar surface area (TPSA) is 3.24 Å². The van der Waals surface area contributed by atoms with Gasteiger partial charge in [0.15, 0.2) is 0 Å². The predicted molar refractivity (Wildman–Crippen MR) is 228 cm³/mol. The number of nitrogens with zero attached hydrogens (tertiary/aromatic N) is 1. The minimum Gasteiger partial charge on any atom is -0.310 e. The first-order chi connectivity index (χ1) is 26.0. The number of hydrogen-bond donors (Lipinski definition) is 0. The number of hydrogen-bond acceptors (Lipinski definition) is 2. The molecule has 1 aromatic heterocycles. The van der Waals surface area contributed by atoms with Crippen molar-refractivity contribution in [1.82, 2.24) is 0 Å². The van der Waals surface area contributed by atoms with Crippen LogP contribution in [0, 0.1) is 0 Å². The van der Waals surface area contributed by atoms with Crippen molar-refractivity contribution in [2.24, 2.45) is 0 Å². The maximum Gasteiger partial charge on any atom is 0.0467 e. The number of benzene rings is 8. The molecule has 1 aliphatic carbocycles. The average molecular weight is 696 g/mol. The van der Waals surface area contributed by atoms with Crippen molar-refractivity contribution in [3.63, 3.8) is 0 Å². The van der Waals surface area contributed by atoms with Crippen molar-refractivity contribution < 1.29 is 0 Å². The molecular weight excluding hydrogens is 659 g/mol. The fourth-order valence-electron chi connectivity index (χ4n) is 8.32. The largest absolute Gasteiger partial charge is 0.310 e. The van der Waals surface area contributed by atoms with Crippen LogP contribution in [0.25, 0.3) is 64.7 Å². The minimum atomic E-state index is -0.0954. The molecule has 0 amide bonds. The van der Waals surface area contributed by atoms with Crippen molar-refractivity contribution in [2.75, 3.05) is 4.90 Å². The molecule has 8 aromatic carbocycles. The lowest BCUT2D eigenvalue weighted by molar-refractivity contribution is 0.660. The molecule has 9 aromatic rings. The van der Waals surface area contributed by atoms with Crippen LogP contribution in [0.1, 0.15) is 25.0 Å². The molecule has 252 valence electrons. The molecule has 0 unspecified atom stereocenters. The van der Waals surface area contributed by atoms with E-state index >= 15 is 0 Å². The van der Waals surface area contributed by atoms with E-state index in [4.69, 9.17) is 0 Å². The van der Waals surface area contributed by atoms with Gasteiger partial charge < -0.3 is 4.90 Å². The highest BCUT2D eigenvalue weighted by Gasteiger charge is 2.35. The van der Waals surface area contributed by atoms with Gasteiger partial charge in [0.25, 0.3) is 0 Å². The van der Waals surface area contributed by atoms with E-state index in [1.807, 2.05) is 11.3 Å². The second-order valence-electron chi connectivity index (χ2n) is 14.6. The van der Waals surface area contributed by atoms with Crippen LogP contribution in [0.5, 0.6) is 0 Å². The fraction of sp³-hybridized carbons (Fsp3) is 0.0588. The van der Waals surface area contributed by atoms with Gasteiger partial charge in [0, 0.05) is 42.6 Å². The van der Waals surface area contributed by atoms with Gasteiger partial charge in [-0.1, -0.05) is 141 Å². The second-order valence-corrected chi connectivity index (χ2v) is 15.7. The Morgan fingerprint density at radius 3 is 1.75 bits per heavy atom. The zero-order valence-corrected chi connectivity index (χ0v) is 30.6. The molecule has 2 heteroatoms. The lowest BCUT2D eigenvalue weighted by Gasteiger charge is -2.28. The van der Waals surface area contributed by atoms with E-state index in [-0.39, 0.29) is 5.41 Å². The summed E-state index contributed by atoms with van der Waals surface area (Å²) in [6, 6.07) is 69.1. The second kappa shape index (κ2) is 12.5. The molecule has 1 aliphatic rings. The summed E-state index contributed by atoms with van der Waals surface area (Å²) in [5.41, 5.74) is 16.0. The van der Waals surface area contributed by atoms with Crippen molar-refractivity contribution >= 4 is 48.6 Å². The minimum absolute atomic E-state index is 0.0954. The van der Waals surface area contributed by atoms with E-state index in [1.54, 1.807) is 0 Å². The molecule has 0 spiro atoms. The van der Waals surface area contributed by atoms with E-state index in [2.05, 4.69) is 207 Å². The molecule has 1 nitrogen and oxygen atoms in total. The maximum absolute atomic E-state index is 2.42. The Hall–Kier alpha value is -6.22. The lowest BCUT2D eigenvalue weighted by Crippen LogP contribution is -2.16. The smallest absolute Gasteiger partial charge is 0.0467 e. The zero-order valence-electron chi connectivity index (χ0n) is 29.8. The Labute approximate surface area is 315 Å². The quantitative estimate of drug-likeness (QED) is 0.167. The molecular formula is C51H37NS. The van der Waals surface area contributed by atoms with Crippen LogP contribution in [0.2, 0.25) is 0 Å². The molecule has 0 fully saturated rings. The summed E-state index contributed by atoms with van der Waals surface area (Å²) < 4.78 is 2.65. The Balaban J connectivity index is 1.09. The van der Waals surface area contributed by atoms with Crippen molar-refractivity contribution in [1.29, 1.82) is 0 Å². The summed E-state index contributed by atoms with van der Waals surface area (Å²) in [6.07, 6.45) is 0. The third-order valence-electron chi connectivity index (χ3n) is 11.1. The van der Waals surface area contributed by atoms with Crippen LogP contribution in [-0.4, -0.2) is 0 Å². The van der Waals surface area contributed by atoms with Gasteiger partial charge in [-0.25, -0.2) is 0 Å². The number of rotatable bonds is 6. The molecule has 0 bridgehead atoms. The van der Waals surface area contributed by atoms with Crippen LogP contribution >= 0.6 is 11.3 Å². The van der Waals surface area contributed by atoms with E-state index in [9.17, 15) is 0 Å². The van der Waals surface area contributed by atoms with Crippen molar-refractivity contribution in [2.45, 2.75) is 19.3 Å². The SMILES string of the molecule is CC1(C)c2ccccc2-c2ccc(N(c3ccc(-c4cccc(-c5ccccc5)c4)cc3)c3cccc(-c4ccc5sc6ccccc6c5c4)c3)cc21. The lowest BCUT2D eigenvalue weighted by atomic mass is 9.82. The van der Waals surface area contributed by atoms with E-state index < -0.39 is 0 Å². The van der Waals surface area contributed by atoms with E-state index in [0.717, 1.165) is 17.1 Å². The van der Waals surface area contributed by atoms with Gasteiger partial charge in [0.05, 0.1) is 0 Å². The Kier molecular flexibility index (Phi) is 7.42. The third-order valence-corrected chi connectivity index (χ3v) is 12.2. The summed E-state index contributed by atoms with van der Waals surface area (Å²) in [5, 5.41) is 2.64. The van der Waals surface area contributed by atoms with Crippen LogP contribution in [0.15, 0.2) is 188 Å². The highest BCUT2D eigenvalue weighted by molar-refractivity contribution is 7.25. The molecule has 0 saturated heterocycles. The summed E-state index contributed by atoms with van der Waals surface area (Å²) in [7, 11) is 0. The van der Waals surface area contributed by atoms with E-state index in [0.29, 0.717) is 0 Å². The molecule has 0 radical (unpaired) electrons. The molecule has 0 N–H and O–H groups in total. The normalized spacial score (nSPS) is 12.9. The Bertz CT molecular complexity index is 2810. The van der Waals surface area contributed by atoms with Crippen LogP contribution < -0.4 is 4.90 Å². The summed E-state index contributed by atoms with van der Waals surface area (Å²) in [4.78, 5) is 2.42.